The van der Waals surface area contributed by atoms with Gasteiger partial charge in [-0.1, -0.05) is 18.2 Å². The molecule has 1 unspecified atom stereocenters. The minimum absolute atomic E-state index is 0.428. The molecule has 0 aliphatic heterocycles. The average molecular weight is 384 g/mol. The van der Waals surface area contributed by atoms with Crippen LogP contribution in [0.25, 0.3) is 10.9 Å². The maximum Gasteiger partial charge on any atom is 0.136 e. The molecule has 0 saturated carbocycles. The Kier molecular flexibility index (Phi) is 5.32. The topological polar surface area (TPSA) is 43.6 Å². The second kappa shape index (κ2) is 7.87. The molecular formula is C22H25NO3S. The number of benzene rings is 2. The molecule has 0 saturated heterocycles. The van der Waals surface area contributed by atoms with Crippen LogP contribution in [0.2, 0.25) is 0 Å². The second-order valence-electron chi connectivity index (χ2n) is 6.89. The fourth-order valence-corrected chi connectivity index (χ4v) is 4.90. The van der Waals surface area contributed by atoms with Crippen LogP contribution in [0.3, 0.4) is 0 Å². The zero-order valence-electron chi connectivity index (χ0n) is 15.8. The molecule has 1 N–H and O–H groups in total. The van der Waals surface area contributed by atoms with Gasteiger partial charge in [0.1, 0.15) is 11.5 Å². The van der Waals surface area contributed by atoms with Crippen LogP contribution in [0.15, 0.2) is 47.4 Å². The zero-order chi connectivity index (χ0) is 18.8. The molecule has 4 nitrogen and oxygen atoms in total. The monoisotopic (exact) mass is 383 g/mol. The van der Waals surface area contributed by atoms with Crippen molar-refractivity contribution >= 4 is 22.7 Å². The van der Waals surface area contributed by atoms with Crippen LogP contribution >= 0.6 is 11.8 Å². The smallest absolute Gasteiger partial charge is 0.136 e. The highest BCUT2D eigenvalue weighted by atomic mass is 32.2. The largest absolute Gasteiger partial charge is 0.497 e. The van der Waals surface area contributed by atoms with Gasteiger partial charge in [0, 0.05) is 39.9 Å². The first-order valence-electron chi connectivity index (χ1n) is 9.33. The first-order valence-corrected chi connectivity index (χ1v) is 10.3. The molecule has 1 atom stereocenters. The highest BCUT2D eigenvalue weighted by molar-refractivity contribution is 7.99. The number of ether oxygens (including phenoxy) is 2. The van der Waals surface area contributed by atoms with Crippen LogP contribution in [-0.4, -0.2) is 35.8 Å². The Morgan fingerprint density at radius 2 is 1.96 bits per heavy atom. The number of fused-ring (bicyclic) bond motifs is 3. The maximum absolute atomic E-state index is 10.7. The number of aryl methyl sites for hydroxylation is 1. The molecule has 5 heteroatoms. The quantitative estimate of drug-likeness (QED) is 0.618. The third kappa shape index (κ3) is 3.54. The normalized spacial score (nSPS) is 14.3. The van der Waals surface area contributed by atoms with E-state index in [-0.39, 0.29) is 0 Å². The van der Waals surface area contributed by atoms with Gasteiger partial charge in [-0.25, -0.2) is 0 Å². The van der Waals surface area contributed by atoms with E-state index in [2.05, 4.69) is 28.8 Å². The van der Waals surface area contributed by atoms with Gasteiger partial charge in [0.2, 0.25) is 0 Å². The lowest BCUT2D eigenvalue weighted by Gasteiger charge is -2.16. The van der Waals surface area contributed by atoms with E-state index in [0.29, 0.717) is 12.3 Å². The first-order chi connectivity index (χ1) is 13.2. The summed E-state index contributed by atoms with van der Waals surface area (Å²) >= 11 is 1.62. The minimum Gasteiger partial charge on any atom is -0.497 e. The third-order valence-corrected chi connectivity index (χ3v) is 6.43. The number of hydrogen-bond acceptors (Lipinski definition) is 4. The van der Waals surface area contributed by atoms with Crippen molar-refractivity contribution in [3.8, 4) is 11.5 Å². The van der Waals surface area contributed by atoms with Gasteiger partial charge in [0.25, 0.3) is 0 Å². The van der Waals surface area contributed by atoms with Crippen LogP contribution < -0.4 is 9.47 Å². The zero-order valence-corrected chi connectivity index (χ0v) is 16.6. The van der Waals surface area contributed by atoms with Crippen molar-refractivity contribution in [2.75, 3.05) is 20.0 Å². The predicted octanol–water partition coefficient (Wildman–Crippen LogP) is 4.30. The molecule has 0 bridgehead atoms. The molecule has 0 spiro atoms. The van der Waals surface area contributed by atoms with Gasteiger partial charge in [0.05, 0.1) is 20.3 Å². The van der Waals surface area contributed by atoms with Crippen molar-refractivity contribution in [3.05, 3.63) is 53.7 Å². The SMILES string of the molecule is COc1ccc(SCC(O)Cn2c3c(c4ccccc42)CCC3)c(OC)c1. The number of rotatable bonds is 7. The van der Waals surface area contributed by atoms with Gasteiger partial charge in [-0.15, -0.1) is 11.8 Å². The number of nitrogens with zero attached hydrogens (tertiary/aromatic N) is 1. The Balaban J connectivity index is 1.50. The number of methoxy groups -OCH3 is 2. The van der Waals surface area contributed by atoms with E-state index in [9.17, 15) is 5.11 Å². The molecule has 0 fully saturated rings. The Morgan fingerprint density at radius 1 is 1.11 bits per heavy atom. The number of para-hydroxylation sites is 1. The summed E-state index contributed by atoms with van der Waals surface area (Å²) < 4.78 is 13.0. The number of hydrogen-bond donors (Lipinski definition) is 1. The Hall–Kier alpha value is -2.11. The standard InChI is InChI=1S/C22H25NO3S/c1-25-16-10-11-22(21(12-16)26-2)27-14-15(24)13-23-19-8-4-3-6-17(19)18-7-5-9-20(18)23/h3-4,6,8,10-12,15,24H,5,7,9,13-14H2,1-2H3. The molecule has 27 heavy (non-hydrogen) atoms. The molecule has 1 aromatic heterocycles. The van der Waals surface area contributed by atoms with E-state index in [4.69, 9.17) is 9.47 Å². The Bertz CT molecular complexity index is 950. The highest BCUT2D eigenvalue weighted by Crippen LogP contribution is 2.35. The Morgan fingerprint density at radius 3 is 2.78 bits per heavy atom. The highest BCUT2D eigenvalue weighted by Gasteiger charge is 2.22. The van der Waals surface area contributed by atoms with E-state index in [1.807, 2.05) is 18.2 Å². The van der Waals surface area contributed by atoms with Gasteiger partial charge in [0.15, 0.2) is 0 Å². The summed E-state index contributed by atoms with van der Waals surface area (Å²) in [6.45, 7) is 0.626. The Labute approximate surface area is 164 Å². The van der Waals surface area contributed by atoms with Crippen LogP contribution in [0.1, 0.15) is 17.7 Å². The van der Waals surface area contributed by atoms with Gasteiger partial charge in [-0.05, 0) is 43.0 Å². The molecule has 142 valence electrons. The fourth-order valence-electron chi connectivity index (χ4n) is 3.98. The van der Waals surface area contributed by atoms with Gasteiger partial charge < -0.3 is 19.1 Å². The van der Waals surface area contributed by atoms with Gasteiger partial charge in [-0.2, -0.15) is 0 Å². The number of aliphatic hydroxyl groups is 1. The lowest BCUT2D eigenvalue weighted by atomic mass is 10.1. The van der Waals surface area contributed by atoms with Crippen molar-refractivity contribution in [2.45, 2.75) is 36.8 Å². The van der Waals surface area contributed by atoms with Crippen LogP contribution in [0.4, 0.5) is 0 Å². The molecule has 2 aromatic carbocycles. The predicted molar refractivity (Wildman–Crippen MR) is 110 cm³/mol. The third-order valence-electron chi connectivity index (χ3n) is 5.23. The van der Waals surface area contributed by atoms with Gasteiger partial charge >= 0.3 is 0 Å². The van der Waals surface area contributed by atoms with Crippen molar-refractivity contribution in [1.82, 2.24) is 4.57 Å². The molecule has 1 aliphatic rings. The van der Waals surface area contributed by atoms with Crippen LogP contribution in [0, 0.1) is 0 Å². The van der Waals surface area contributed by atoms with Gasteiger partial charge in [-0.3, -0.25) is 0 Å². The average Bonchev–Trinajstić information content (AvgIpc) is 3.29. The maximum atomic E-state index is 10.7. The number of aromatic nitrogens is 1. The summed E-state index contributed by atoms with van der Waals surface area (Å²) in [5.74, 6) is 2.16. The van der Waals surface area contributed by atoms with Crippen molar-refractivity contribution in [2.24, 2.45) is 0 Å². The molecule has 3 aromatic rings. The molecule has 1 aliphatic carbocycles. The van der Waals surface area contributed by atoms with Crippen molar-refractivity contribution in [3.63, 3.8) is 0 Å². The summed E-state index contributed by atoms with van der Waals surface area (Å²) in [7, 11) is 3.30. The fraction of sp³-hybridized carbons (Fsp3) is 0.364. The van der Waals surface area contributed by atoms with E-state index in [0.717, 1.165) is 29.2 Å². The van der Waals surface area contributed by atoms with Crippen LogP contribution in [0.5, 0.6) is 11.5 Å². The molecular weight excluding hydrogens is 358 g/mol. The van der Waals surface area contributed by atoms with E-state index < -0.39 is 6.10 Å². The summed E-state index contributed by atoms with van der Waals surface area (Å²) in [4.78, 5) is 1.01. The summed E-state index contributed by atoms with van der Waals surface area (Å²) in [5.41, 5.74) is 4.12. The molecule has 1 heterocycles. The summed E-state index contributed by atoms with van der Waals surface area (Å²) in [5, 5.41) is 12.1. The minimum atomic E-state index is -0.428. The van der Waals surface area contributed by atoms with Crippen molar-refractivity contribution in [1.29, 1.82) is 0 Å². The molecule has 0 radical (unpaired) electrons. The lowest BCUT2D eigenvalue weighted by Crippen LogP contribution is -2.19. The van der Waals surface area contributed by atoms with E-state index in [1.54, 1.807) is 26.0 Å². The summed E-state index contributed by atoms with van der Waals surface area (Å²) in [6.07, 6.45) is 3.04. The van der Waals surface area contributed by atoms with Crippen molar-refractivity contribution < 1.29 is 14.6 Å². The van der Waals surface area contributed by atoms with E-state index in [1.165, 1.54) is 28.6 Å². The first kappa shape index (κ1) is 18.3. The number of aliphatic hydroxyl groups excluding tert-OH is 1. The lowest BCUT2D eigenvalue weighted by molar-refractivity contribution is 0.179. The van der Waals surface area contributed by atoms with Crippen LogP contribution in [-0.2, 0) is 19.4 Å². The number of thioether (sulfide) groups is 1. The van der Waals surface area contributed by atoms with E-state index >= 15 is 0 Å². The molecule has 0 amide bonds. The summed E-state index contributed by atoms with van der Waals surface area (Å²) in [6, 6.07) is 14.3. The molecule has 4 rings (SSSR count). The second-order valence-corrected chi connectivity index (χ2v) is 7.95.